The number of unbranched alkanes of at least 4 members (excludes halogenated alkanes) is 1. The molecule has 3 heterocycles. The van der Waals surface area contributed by atoms with Crippen LogP contribution < -0.4 is 21.3 Å². The lowest BCUT2D eigenvalue weighted by molar-refractivity contribution is -0.130. The molecule has 2 aromatic rings. The molecular weight excluding hydrogens is 444 g/mol. The summed E-state index contributed by atoms with van der Waals surface area (Å²) in [5.41, 5.74) is 8.86. The Hall–Kier alpha value is -3.52. The molecule has 3 aliphatic rings. The maximum Gasteiger partial charge on any atom is 0.250 e. The van der Waals surface area contributed by atoms with Crippen molar-refractivity contribution in [1.29, 1.82) is 0 Å². The number of benzene rings is 2. The molecule has 5 rings (SSSR count). The normalized spacial score (nSPS) is 26.9. The lowest BCUT2D eigenvalue weighted by Gasteiger charge is -2.29. The highest BCUT2D eigenvalue weighted by Gasteiger charge is 2.70. The van der Waals surface area contributed by atoms with E-state index in [1.165, 1.54) is 4.90 Å². The molecule has 1 spiro atoms. The second kappa shape index (κ2) is 8.30. The quantitative estimate of drug-likeness (QED) is 0.555. The first-order valence-electron chi connectivity index (χ1n) is 12.2. The van der Waals surface area contributed by atoms with Gasteiger partial charge in [-0.3, -0.25) is 24.5 Å². The summed E-state index contributed by atoms with van der Waals surface area (Å²) in [5.74, 6) is -3.71. The minimum Gasteiger partial charge on any atom is -0.370 e. The summed E-state index contributed by atoms with van der Waals surface area (Å²) in [4.78, 5) is 54.3. The second-order valence-electron chi connectivity index (χ2n) is 9.90. The first kappa shape index (κ1) is 23.2. The highest BCUT2D eigenvalue weighted by molar-refractivity contribution is 6.26. The highest BCUT2D eigenvalue weighted by Crippen LogP contribution is 2.54. The number of primary amides is 1. The van der Waals surface area contributed by atoms with E-state index >= 15 is 0 Å². The highest BCUT2D eigenvalue weighted by atomic mass is 16.2. The van der Waals surface area contributed by atoms with Crippen LogP contribution in [0.1, 0.15) is 48.4 Å². The van der Waals surface area contributed by atoms with Crippen molar-refractivity contribution in [3.8, 4) is 0 Å². The lowest BCUT2D eigenvalue weighted by atomic mass is 9.76. The summed E-state index contributed by atoms with van der Waals surface area (Å²) >= 11 is 0. The summed E-state index contributed by atoms with van der Waals surface area (Å²) < 4.78 is 0. The van der Waals surface area contributed by atoms with Gasteiger partial charge in [0.15, 0.2) is 0 Å². The van der Waals surface area contributed by atoms with Crippen LogP contribution in [0.4, 0.5) is 11.4 Å². The van der Waals surface area contributed by atoms with E-state index in [1.54, 1.807) is 12.1 Å². The van der Waals surface area contributed by atoms with Crippen molar-refractivity contribution in [2.45, 2.75) is 58.0 Å². The van der Waals surface area contributed by atoms with Crippen molar-refractivity contribution in [2.24, 2.45) is 17.6 Å². The molecule has 0 aliphatic carbocycles. The van der Waals surface area contributed by atoms with Crippen LogP contribution in [0.3, 0.4) is 0 Å². The molecule has 4 atom stereocenters. The van der Waals surface area contributed by atoms with E-state index in [0.717, 1.165) is 36.0 Å². The third-order valence-electron chi connectivity index (χ3n) is 7.86. The summed E-state index contributed by atoms with van der Waals surface area (Å²) in [6, 6.07) is 10.4. The minimum absolute atomic E-state index is 0.154. The Kier molecular flexibility index (Phi) is 5.51. The van der Waals surface area contributed by atoms with E-state index in [9.17, 15) is 19.2 Å². The van der Waals surface area contributed by atoms with Gasteiger partial charge in [0.2, 0.25) is 23.6 Å². The van der Waals surface area contributed by atoms with Gasteiger partial charge in [0.05, 0.1) is 17.5 Å². The number of nitrogens with zero attached hydrogens (tertiary/aromatic N) is 1. The van der Waals surface area contributed by atoms with Crippen molar-refractivity contribution < 1.29 is 19.2 Å². The Balaban J connectivity index is 1.60. The smallest absolute Gasteiger partial charge is 0.250 e. The van der Waals surface area contributed by atoms with E-state index in [2.05, 4.69) is 17.6 Å². The molecule has 2 saturated heterocycles. The van der Waals surface area contributed by atoms with E-state index in [0.29, 0.717) is 16.9 Å². The van der Waals surface area contributed by atoms with E-state index in [4.69, 9.17) is 5.73 Å². The van der Waals surface area contributed by atoms with E-state index in [-0.39, 0.29) is 12.3 Å². The van der Waals surface area contributed by atoms with Crippen LogP contribution in [0.25, 0.3) is 0 Å². The molecule has 2 aromatic carbocycles. The summed E-state index contributed by atoms with van der Waals surface area (Å²) in [6.07, 6.45) is 2.90. The Morgan fingerprint density at radius 2 is 1.77 bits per heavy atom. The number of aryl methyl sites for hydroxylation is 2. The fourth-order valence-corrected chi connectivity index (χ4v) is 5.96. The minimum atomic E-state index is -1.44. The van der Waals surface area contributed by atoms with Gasteiger partial charge in [-0.2, -0.15) is 0 Å². The van der Waals surface area contributed by atoms with Crippen molar-refractivity contribution in [1.82, 2.24) is 5.32 Å². The monoisotopic (exact) mass is 474 g/mol. The Bertz CT molecular complexity index is 1250. The number of carbonyl (C=O) groups excluding carboxylic acids is 4. The maximum atomic E-state index is 13.9. The zero-order valence-corrected chi connectivity index (χ0v) is 20.2. The van der Waals surface area contributed by atoms with Gasteiger partial charge in [0.25, 0.3) is 0 Å². The predicted molar refractivity (Wildman–Crippen MR) is 131 cm³/mol. The van der Waals surface area contributed by atoms with E-state index in [1.807, 2.05) is 38.1 Å². The van der Waals surface area contributed by atoms with Crippen LogP contribution in [0, 0.1) is 25.7 Å². The van der Waals surface area contributed by atoms with Gasteiger partial charge < -0.3 is 11.1 Å². The van der Waals surface area contributed by atoms with Gasteiger partial charge in [-0.15, -0.1) is 0 Å². The molecule has 4 amide bonds. The second-order valence-corrected chi connectivity index (χ2v) is 9.90. The number of hydrogen-bond donors (Lipinski definition) is 3. The number of rotatable bonds is 6. The first-order valence-corrected chi connectivity index (χ1v) is 12.2. The predicted octanol–water partition coefficient (Wildman–Crippen LogP) is 2.45. The fraction of sp³-hybridized carbons (Fsp3) is 0.407. The number of imide groups is 1. The number of nitrogens with two attached hydrogens (primary N) is 1. The van der Waals surface area contributed by atoms with Crippen LogP contribution in [0.15, 0.2) is 36.4 Å². The molecule has 0 bridgehead atoms. The van der Waals surface area contributed by atoms with Crippen LogP contribution >= 0.6 is 0 Å². The van der Waals surface area contributed by atoms with Gasteiger partial charge in [0.1, 0.15) is 5.54 Å². The molecular formula is C27H30N4O4. The first-order chi connectivity index (χ1) is 16.7. The largest absolute Gasteiger partial charge is 0.370 e. The molecule has 3 aliphatic heterocycles. The van der Waals surface area contributed by atoms with Crippen LogP contribution in [-0.2, 0) is 31.1 Å². The van der Waals surface area contributed by atoms with Crippen LogP contribution in [0.5, 0.6) is 0 Å². The van der Waals surface area contributed by atoms with Gasteiger partial charge in [-0.25, -0.2) is 4.90 Å². The molecule has 0 aromatic heterocycles. The SMILES string of the molecule is CCCCc1ccc(N2C(=O)[C@@H]3[C@@H](C2=O)[C@]2(N[C@@H]3CC(N)=O)C(=O)Nc3c2ccc(C)c3C)cc1. The van der Waals surface area contributed by atoms with Gasteiger partial charge >= 0.3 is 0 Å². The van der Waals surface area contributed by atoms with Crippen LogP contribution in [-0.4, -0.2) is 29.7 Å². The van der Waals surface area contributed by atoms with Crippen molar-refractivity contribution in [3.63, 3.8) is 0 Å². The van der Waals surface area contributed by atoms with E-state index < -0.39 is 41.1 Å². The standard InChI is InChI=1S/C27H30N4O4/c1-4-5-6-16-8-10-17(11-9-16)31-24(33)21-19(13-20(28)32)30-27(22(21)25(31)34)18-12-7-14(2)15(3)23(18)29-26(27)35/h7-12,19,21-22,30H,4-6,13H2,1-3H3,(H2,28,32)(H,29,35)/t19-,21+,22+,27+/m1/s1. The summed E-state index contributed by atoms with van der Waals surface area (Å²) in [7, 11) is 0. The molecule has 0 unspecified atom stereocenters. The molecule has 0 saturated carbocycles. The zero-order chi connectivity index (χ0) is 25.1. The lowest BCUT2D eigenvalue weighted by Crippen LogP contribution is -2.53. The number of carbonyl (C=O) groups is 4. The van der Waals surface area contributed by atoms with Crippen molar-refractivity contribution in [2.75, 3.05) is 10.2 Å². The number of anilines is 2. The molecule has 4 N–H and O–H groups in total. The number of nitrogens with one attached hydrogen (secondary N) is 2. The number of hydrogen-bond acceptors (Lipinski definition) is 5. The average molecular weight is 475 g/mol. The number of amides is 4. The third-order valence-corrected chi connectivity index (χ3v) is 7.86. The Morgan fingerprint density at radius 1 is 1.06 bits per heavy atom. The van der Waals surface area contributed by atoms with Crippen LogP contribution in [0.2, 0.25) is 0 Å². The van der Waals surface area contributed by atoms with Gasteiger partial charge in [-0.1, -0.05) is 37.6 Å². The zero-order valence-electron chi connectivity index (χ0n) is 20.2. The topological polar surface area (TPSA) is 122 Å². The molecule has 8 heteroatoms. The van der Waals surface area contributed by atoms with Gasteiger partial charge in [0, 0.05) is 23.7 Å². The summed E-state index contributed by atoms with van der Waals surface area (Å²) in [6.45, 7) is 5.99. The molecule has 0 radical (unpaired) electrons. The van der Waals surface area contributed by atoms with Crippen molar-refractivity contribution in [3.05, 3.63) is 58.7 Å². The Labute approximate surface area is 204 Å². The maximum absolute atomic E-state index is 13.9. The molecule has 35 heavy (non-hydrogen) atoms. The molecule has 2 fully saturated rings. The van der Waals surface area contributed by atoms with Crippen molar-refractivity contribution >= 4 is 35.0 Å². The Morgan fingerprint density at radius 3 is 2.43 bits per heavy atom. The average Bonchev–Trinajstić information content (AvgIpc) is 3.40. The third kappa shape index (κ3) is 3.31. The summed E-state index contributed by atoms with van der Waals surface area (Å²) in [5, 5.41) is 6.18. The number of fused-ring (bicyclic) bond motifs is 4. The molecule has 8 nitrogen and oxygen atoms in total. The van der Waals surface area contributed by atoms with Gasteiger partial charge in [-0.05, 0) is 55.5 Å². The molecule has 182 valence electrons. The fourth-order valence-electron chi connectivity index (χ4n) is 5.96.